The molecule has 11 heavy (non-hydrogen) atoms. The molecule has 0 amide bonds. The molecule has 0 spiro atoms. The Labute approximate surface area is 80.8 Å². The van der Waals surface area contributed by atoms with E-state index in [1.54, 1.807) is 16.4 Å². The Morgan fingerprint density at radius 1 is 1.36 bits per heavy atom. The summed E-state index contributed by atoms with van der Waals surface area (Å²) in [6.07, 6.45) is 0. The quantitative estimate of drug-likeness (QED) is 0.486. The third kappa shape index (κ3) is 1.34. The van der Waals surface area contributed by atoms with Crippen LogP contribution in [-0.2, 0) is 0 Å². The SMILES string of the molecule is Clc1cc(Cl)c2ns[s+]c2c1. The molecule has 0 saturated carbocycles. The Kier molecular flexibility index (Phi) is 1.97. The lowest BCUT2D eigenvalue weighted by Crippen LogP contribution is -1.69. The molecule has 56 valence electrons. The molecule has 1 heterocycles. The van der Waals surface area contributed by atoms with Crippen LogP contribution in [0.5, 0.6) is 0 Å². The molecule has 1 nitrogen and oxygen atoms in total. The molecule has 2 aromatic rings. The van der Waals surface area contributed by atoms with Gasteiger partial charge in [0.25, 0.3) is 15.2 Å². The fourth-order valence-electron chi connectivity index (χ4n) is 0.791. The predicted octanol–water partition coefficient (Wildman–Crippen LogP) is 3.95. The van der Waals surface area contributed by atoms with Crippen LogP contribution in [0, 0.1) is 0 Å². The molecule has 0 atom stereocenters. The average Bonchev–Trinajstić information content (AvgIpc) is 2.34. The maximum absolute atomic E-state index is 5.87. The number of hydrogen-bond donors (Lipinski definition) is 0. The van der Waals surface area contributed by atoms with Gasteiger partial charge in [0.1, 0.15) is 0 Å². The molecule has 0 aliphatic heterocycles. The third-order valence-electron chi connectivity index (χ3n) is 1.25. The minimum absolute atomic E-state index is 0.630. The first-order valence-corrected chi connectivity index (χ1v) is 5.67. The van der Waals surface area contributed by atoms with Gasteiger partial charge in [0.15, 0.2) is 5.52 Å². The second-order valence-corrected chi connectivity index (χ2v) is 4.71. The summed E-state index contributed by atoms with van der Waals surface area (Å²) in [7, 11) is 3.00. The van der Waals surface area contributed by atoms with Crippen molar-refractivity contribution in [3.05, 3.63) is 22.2 Å². The van der Waals surface area contributed by atoms with Gasteiger partial charge in [-0.2, -0.15) is 0 Å². The van der Waals surface area contributed by atoms with E-state index in [2.05, 4.69) is 4.37 Å². The van der Waals surface area contributed by atoms with Crippen molar-refractivity contribution >= 4 is 54.3 Å². The van der Waals surface area contributed by atoms with Gasteiger partial charge in [-0.1, -0.05) is 23.2 Å². The summed E-state index contributed by atoms with van der Waals surface area (Å²) in [5.74, 6) is 0. The predicted molar refractivity (Wildman–Crippen MR) is 51.9 cm³/mol. The van der Waals surface area contributed by atoms with E-state index in [1.807, 2.05) is 6.07 Å². The molecule has 5 heteroatoms. The Morgan fingerprint density at radius 2 is 2.18 bits per heavy atom. The fourth-order valence-corrected chi connectivity index (χ4v) is 3.31. The maximum Gasteiger partial charge on any atom is 0.323 e. The molecule has 0 aliphatic rings. The average molecular weight is 223 g/mol. The lowest BCUT2D eigenvalue weighted by molar-refractivity contribution is 1.66. The van der Waals surface area contributed by atoms with Gasteiger partial charge in [0.2, 0.25) is 0 Å². The van der Waals surface area contributed by atoms with Crippen LogP contribution in [0.25, 0.3) is 10.2 Å². The summed E-state index contributed by atoms with van der Waals surface area (Å²) in [4.78, 5) is 0. The molecule has 0 radical (unpaired) electrons. The Bertz CT molecular complexity index is 398. The molecule has 0 fully saturated rings. The maximum atomic E-state index is 5.87. The minimum Gasteiger partial charge on any atom is -0.133 e. The Hall–Kier alpha value is 0.0400. The highest BCUT2D eigenvalue weighted by Gasteiger charge is 2.13. The molecule has 0 aliphatic carbocycles. The minimum atomic E-state index is 0.630. The number of halogens is 2. The molecule has 0 N–H and O–H groups in total. The van der Waals surface area contributed by atoms with E-state index in [9.17, 15) is 0 Å². The van der Waals surface area contributed by atoms with Gasteiger partial charge < -0.3 is 0 Å². The van der Waals surface area contributed by atoms with E-state index in [0.29, 0.717) is 10.0 Å². The van der Waals surface area contributed by atoms with Crippen molar-refractivity contribution in [3.8, 4) is 0 Å². The summed E-state index contributed by atoms with van der Waals surface area (Å²) in [5.41, 5.74) is 0.853. The van der Waals surface area contributed by atoms with Crippen LogP contribution in [0.3, 0.4) is 0 Å². The third-order valence-corrected chi connectivity index (χ3v) is 3.56. The van der Waals surface area contributed by atoms with E-state index in [4.69, 9.17) is 23.2 Å². The summed E-state index contributed by atoms with van der Waals surface area (Å²) in [6.45, 7) is 0. The van der Waals surface area contributed by atoms with Crippen LogP contribution < -0.4 is 0 Å². The van der Waals surface area contributed by atoms with Gasteiger partial charge in [-0.05, 0) is 6.07 Å². The lowest BCUT2D eigenvalue weighted by Gasteiger charge is -1.87. The van der Waals surface area contributed by atoms with Gasteiger partial charge in [-0.25, -0.2) is 0 Å². The van der Waals surface area contributed by atoms with Crippen LogP contribution in [0.4, 0.5) is 0 Å². The van der Waals surface area contributed by atoms with E-state index in [0.717, 1.165) is 10.2 Å². The zero-order chi connectivity index (χ0) is 7.84. The number of fused-ring (bicyclic) bond motifs is 1. The van der Waals surface area contributed by atoms with E-state index in [1.165, 1.54) is 10.5 Å². The first-order chi connectivity index (χ1) is 5.27. The molecular weight excluding hydrogens is 221 g/mol. The van der Waals surface area contributed by atoms with E-state index >= 15 is 0 Å². The van der Waals surface area contributed by atoms with Crippen LogP contribution in [0.1, 0.15) is 0 Å². The molecule has 0 saturated heterocycles. The van der Waals surface area contributed by atoms with Crippen molar-refractivity contribution < 1.29 is 0 Å². The highest BCUT2D eigenvalue weighted by Crippen LogP contribution is 2.31. The van der Waals surface area contributed by atoms with Crippen molar-refractivity contribution in [2.75, 3.05) is 0 Å². The number of rotatable bonds is 0. The standard InChI is InChI=1S/C6H2Cl2NS2/c7-3-1-4(8)6-5(2-3)10-11-9-6/h1-2H/q+1. The molecule has 0 bridgehead atoms. The zero-order valence-corrected chi connectivity index (χ0v) is 8.32. The number of nitrogens with zero attached hydrogens (tertiary/aromatic N) is 1. The summed E-state index contributed by atoms with van der Waals surface area (Å²) < 4.78 is 5.18. The van der Waals surface area contributed by atoms with E-state index in [-0.39, 0.29) is 0 Å². The van der Waals surface area contributed by atoms with Crippen LogP contribution in [0.15, 0.2) is 12.1 Å². The molecule has 0 unspecified atom stereocenters. The van der Waals surface area contributed by atoms with Crippen LogP contribution >= 0.6 is 44.1 Å². The van der Waals surface area contributed by atoms with Crippen molar-refractivity contribution in [1.82, 2.24) is 4.37 Å². The van der Waals surface area contributed by atoms with Gasteiger partial charge in [0.05, 0.1) is 5.02 Å². The van der Waals surface area contributed by atoms with Crippen molar-refractivity contribution in [3.63, 3.8) is 0 Å². The molecular formula is C6H2Cl2NS2+. The summed E-state index contributed by atoms with van der Waals surface area (Å²) in [6, 6.07) is 3.58. The Morgan fingerprint density at radius 3 is 3.00 bits per heavy atom. The Balaban J connectivity index is 2.91. The van der Waals surface area contributed by atoms with Crippen LogP contribution in [0.2, 0.25) is 10.0 Å². The van der Waals surface area contributed by atoms with Crippen molar-refractivity contribution in [1.29, 1.82) is 0 Å². The molecule has 2 rings (SSSR count). The second-order valence-electron chi connectivity index (χ2n) is 1.98. The van der Waals surface area contributed by atoms with E-state index < -0.39 is 0 Å². The highest BCUT2D eigenvalue weighted by atomic mass is 35.5. The zero-order valence-electron chi connectivity index (χ0n) is 5.17. The molecule has 1 aromatic carbocycles. The van der Waals surface area contributed by atoms with Gasteiger partial charge in [-0.3, -0.25) is 0 Å². The summed E-state index contributed by atoms with van der Waals surface area (Å²) >= 11 is 11.6. The first-order valence-electron chi connectivity index (χ1n) is 2.81. The largest absolute Gasteiger partial charge is 0.323 e. The normalized spacial score (nSPS) is 10.7. The first kappa shape index (κ1) is 7.68. The number of aromatic nitrogens is 1. The smallest absolute Gasteiger partial charge is 0.133 e. The van der Waals surface area contributed by atoms with Crippen molar-refractivity contribution in [2.45, 2.75) is 0 Å². The summed E-state index contributed by atoms with van der Waals surface area (Å²) in [5, 5.41) is 1.30. The number of benzene rings is 1. The monoisotopic (exact) mass is 222 g/mol. The van der Waals surface area contributed by atoms with Crippen molar-refractivity contribution in [2.24, 2.45) is 0 Å². The fraction of sp³-hybridized carbons (Fsp3) is 0. The van der Waals surface area contributed by atoms with Gasteiger partial charge >= 0.3 is 10.3 Å². The molecule has 1 aromatic heterocycles. The van der Waals surface area contributed by atoms with Crippen LogP contribution in [-0.4, -0.2) is 4.37 Å². The second kappa shape index (κ2) is 2.83. The lowest BCUT2D eigenvalue weighted by atomic mass is 10.3. The number of hydrogen-bond acceptors (Lipinski definition) is 2. The van der Waals surface area contributed by atoms with Gasteiger partial charge in [0, 0.05) is 11.1 Å². The topological polar surface area (TPSA) is 12.9 Å². The van der Waals surface area contributed by atoms with Gasteiger partial charge in [-0.15, -0.1) is 4.37 Å². The highest BCUT2D eigenvalue weighted by molar-refractivity contribution is 7.69.